The first-order valence-electron chi connectivity index (χ1n) is 5.84. The van der Waals surface area contributed by atoms with Crippen LogP contribution in [-0.2, 0) is 14.3 Å². The Morgan fingerprint density at radius 2 is 2.25 bits per heavy atom. The topological polar surface area (TPSA) is 58.6 Å². The van der Waals surface area contributed by atoms with Crippen molar-refractivity contribution in [2.75, 3.05) is 39.0 Å². The summed E-state index contributed by atoms with van der Waals surface area (Å²) in [5.41, 5.74) is 0. The fourth-order valence-electron chi connectivity index (χ4n) is 2.53. The minimum Gasteiger partial charge on any atom is -0.314 e. The van der Waals surface area contributed by atoms with Gasteiger partial charge >= 0.3 is 0 Å². The number of nitrogens with one attached hydrogen (secondary N) is 1. The van der Waals surface area contributed by atoms with Gasteiger partial charge in [-0.3, -0.25) is 9.08 Å². The lowest BCUT2D eigenvalue weighted by Crippen LogP contribution is -2.55. The van der Waals surface area contributed by atoms with Gasteiger partial charge in [-0.2, -0.15) is 8.42 Å². The van der Waals surface area contributed by atoms with Gasteiger partial charge in [0.05, 0.1) is 12.9 Å². The minimum absolute atomic E-state index is 0.343. The number of fused-ring (bicyclic) bond motifs is 1. The van der Waals surface area contributed by atoms with E-state index in [0.29, 0.717) is 18.6 Å². The average molecular weight is 248 g/mol. The molecule has 0 aliphatic carbocycles. The molecule has 5 nitrogen and oxygen atoms in total. The Hall–Kier alpha value is -0.170. The van der Waals surface area contributed by atoms with Gasteiger partial charge in [0.15, 0.2) is 0 Å². The van der Waals surface area contributed by atoms with Crippen molar-refractivity contribution in [2.45, 2.75) is 18.9 Å². The molecule has 0 spiro atoms. The molecule has 0 aromatic heterocycles. The molecule has 6 heteroatoms. The third-order valence-electron chi connectivity index (χ3n) is 3.39. The first kappa shape index (κ1) is 12.3. The standard InChI is InChI=1S/C10H20N2O3S/c1-16(13,14)15-8-9-2-3-10-6-11-4-5-12(10)7-9/h9-11H,2-8H2,1H3. The van der Waals surface area contributed by atoms with Gasteiger partial charge in [-0.05, 0) is 18.8 Å². The predicted octanol–water partition coefficient (Wildman–Crippen LogP) is -0.354. The molecule has 0 radical (unpaired) electrons. The van der Waals surface area contributed by atoms with Crippen LogP contribution >= 0.6 is 0 Å². The Morgan fingerprint density at radius 3 is 3.00 bits per heavy atom. The van der Waals surface area contributed by atoms with E-state index in [2.05, 4.69) is 10.2 Å². The first-order chi connectivity index (χ1) is 7.54. The SMILES string of the molecule is CS(=O)(=O)OCC1CCC2CNCCN2C1. The molecule has 94 valence electrons. The second-order valence-electron chi connectivity index (χ2n) is 4.78. The molecule has 0 amide bonds. The molecule has 2 aliphatic heterocycles. The fraction of sp³-hybridized carbons (Fsp3) is 1.00. The summed E-state index contributed by atoms with van der Waals surface area (Å²) < 4.78 is 26.7. The number of hydrogen-bond acceptors (Lipinski definition) is 5. The van der Waals surface area contributed by atoms with Crippen molar-refractivity contribution in [3.63, 3.8) is 0 Å². The highest BCUT2D eigenvalue weighted by molar-refractivity contribution is 7.85. The van der Waals surface area contributed by atoms with Gasteiger partial charge < -0.3 is 5.32 Å². The van der Waals surface area contributed by atoms with Crippen molar-refractivity contribution in [1.82, 2.24) is 10.2 Å². The second kappa shape index (κ2) is 5.00. The summed E-state index contributed by atoms with van der Waals surface area (Å²) in [4.78, 5) is 2.45. The van der Waals surface area contributed by atoms with Crippen LogP contribution in [0.15, 0.2) is 0 Å². The van der Waals surface area contributed by atoms with E-state index in [4.69, 9.17) is 4.18 Å². The van der Waals surface area contributed by atoms with Crippen LogP contribution in [0.4, 0.5) is 0 Å². The molecule has 2 saturated heterocycles. The van der Waals surface area contributed by atoms with Crippen LogP contribution in [0.1, 0.15) is 12.8 Å². The minimum atomic E-state index is -3.28. The van der Waals surface area contributed by atoms with Crippen molar-refractivity contribution in [3.8, 4) is 0 Å². The van der Waals surface area contributed by atoms with E-state index >= 15 is 0 Å². The zero-order valence-electron chi connectivity index (χ0n) is 9.68. The van der Waals surface area contributed by atoms with Crippen LogP contribution in [0.5, 0.6) is 0 Å². The van der Waals surface area contributed by atoms with E-state index in [9.17, 15) is 8.42 Å². The van der Waals surface area contributed by atoms with Crippen molar-refractivity contribution in [2.24, 2.45) is 5.92 Å². The maximum absolute atomic E-state index is 10.9. The van der Waals surface area contributed by atoms with E-state index in [1.54, 1.807) is 0 Å². The van der Waals surface area contributed by atoms with Gasteiger partial charge in [-0.25, -0.2) is 0 Å². The molecule has 0 aromatic rings. The summed E-state index contributed by atoms with van der Waals surface area (Å²) in [6.45, 7) is 4.49. The van der Waals surface area contributed by atoms with Crippen LogP contribution in [0, 0.1) is 5.92 Å². The first-order valence-corrected chi connectivity index (χ1v) is 7.65. The maximum atomic E-state index is 10.9. The number of rotatable bonds is 3. The largest absolute Gasteiger partial charge is 0.314 e. The molecule has 2 atom stereocenters. The van der Waals surface area contributed by atoms with Crippen LogP contribution in [-0.4, -0.2) is 58.4 Å². The van der Waals surface area contributed by atoms with Gasteiger partial charge in [-0.15, -0.1) is 0 Å². The lowest BCUT2D eigenvalue weighted by Gasteiger charge is -2.42. The zero-order valence-corrected chi connectivity index (χ0v) is 10.5. The Balaban J connectivity index is 1.81. The van der Waals surface area contributed by atoms with Crippen molar-refractivity contribution < 1.29 is 12.6 Å². The smallest absolute Gasteiger partial charge is 0.264 e. The highest BCUT2D eigenvalue weighted by Crippen LogP contribution is 2.23. The maximum Gasteiger partial charge on any atom is 0.264 e. The van der Waals surface area contributed by atoms with Crippen molar-refractivity contribution in [1.29, 1.82) is 0 Å². The molecule has 2 fully saturated rings. The highest BCUT2D eigenvalue weighted by Gasteiger charge is 2.30. The average Bonchev–Trinajstić information content (AvgIpc) is 2.25. The van der Waals surface area contributed by atoms with E-state index in [-0.39, 0.29) is 0 Å². The Bertz CT molecular complexity index is 331. The summed E-state index contributed by atoms with van der Waals surface area (Å²) in [6.07, 6.45) is 3.33. The number of piperidine rings is 1. The van der Waals surface area contributed by atoms with E-state index in [1.807, 2.05) is 0 Å². The predicted molar refractivity (Wildman–Crippen MR) is 61.8 cm³/mol. The molecule has 2 rings (SSSR count). The van der Waals surface area contributed by atoms with Crippen LogP contribution in [0.3, 0.4) is 0 Å². The van der Waals surface area contributed by atoms with Gasteiger partial charge in [0, 0.05) is 32.2 Å². The Kier molecular flexibility index (Phi) is 3.84. The molecule has 1 N–H and O–H groups in total. The van der Waals surface area contributed by atoms with Crippen molar-refractivity contribution in [3.05, 3.63) is 0 Å². The Labute approximate surface area is 97.3 Å². The summed E-state index contributed by atoms with van der Waals surface area (Å²) in [6, 6.07) is 0.642. The second-order valence-corrected chi connectivity index (χ2v) is 6.43. The number of hydrogen-bond donors (Lipinski definition) is 1. The van der Waals surface area contributed by atoms with Gasteiger partial charge in [-0.1, -0.05) is 0 Å². The molecule has 2 unspecified atom stereocenters. The van der Waals surface area contributed by atoms with Gasteiger partial charge in [0.25, 0.3) is 10.1 Å². The van der Waals surface area contributed by atoms with Gasteiger partial charge in [0.1, 0.15) is 0 Å². The lowest BCUT2D eigenvalue weighted by molar-refractivity contribution is 0.0664. The molecule has 0 bridgehead atoms. The van der Waals surface area contributed by atoms with Crippen LogP contribution in [0.25, 0.3) is 0 Å². The molecular weight excluding hydrogens is 228 g/mol. The van der Waals surface area contributed by atoms with Gasteiger partial charge in [0.2, 0.25) is 0 Å². The third kappa shape index (κ3) is 3.41. The monoisotopic (exact) mass is 248 g/mol. The molecule has 0 saturated carbocycles. The molecule has 16 heavy (non-hydrogen) atoms. The number of nitrogens with zero attached hydrogens (tertiary/aromatic N) is 1. The summed E-state index contributed by atoms with van der Waals surface area (Å²) in [5, 5.41) is 3.39. The summed E-state index contributed by atoms with van der Waals surface area (Å²) in [7, 11) is -3.28. The summed E-state index contributed by atoms with van der Waals surface area (Å²) in [5.74, 6) is 0.365. The third-order valence-corrected chi connectivity index (χ3v) is 3.96. The number of piperazine rings is 1. The highest BCUT2D eigenvalue weighted by atomic mass is 32.2. The molecule has 0 aromatic carbocycles. The van der Waals surface area contributed by atoms with E-state index < -0.39 is 10.1 Å². The quantitative estimate of drug-likeness (QED) is 0.692. The van der Waals surface area contributed by atoms with E-state index in [1.165, 1.54) is 0 Å². The fourth-order valence-corrected chi connectivity index (χ4v) is 2.97. The normalized spacial score (nSPS) is 32.3. The Morgan fingerprint density at radius 1 is 1.44 bits per heavy atom. The van der Waals surface area contributed by atoms with E-state index in [0.717, 1.165) is 45.3 Å². The lowest BCUT2D eigenvalue weighted by atomic mass is 9.92. The van der Waals surface area contributed by atoms with Crippen molar-refractivity contribution >= 4 is 10.1 Å². The zero-order chi connectivity index (χ0) is 11.6. The summed E-state index contributed by atoms with van der Waals surface area (Å²) >= 11 is 0. The molecular formula is C10H20N2O3S. The molecule has 2 aliphatic rings. The van der Waals surface area contributed by atoms with Crippen LogP contribution in [0.2, 0.25) is 0 Å². The molecule has 2 heterocycles. The van der Waals surface area contributed by atoms with Crippen LogP contribution < -0.4 is 5.32 Å².